The van der Waals surface area contributed by atoms with Crippen LogP contribution in [0.2, 0.25) is 5.02 Å². The lowest BCUT2D eigenvalue weighted by molar-refractivity contribution is -0.126. The monoisotopic (exact) mass is 523 g/mol. The van der Waals surface area contributed by atoms with Gasteiger partial charge in [0.2, 0.25) is 5.91 Å². The first kappa shape index (κ1) is 27.1. The predicted octanol–water partition coefficient (Wildman–Crippen LogP) is 4.47. The third-order valence-electron chi connectivity index (χ3n) is 7.77. The van der Waals surface area contributed by atoms with Gasteiger partial charge in [-0.25, -0.2) is 4.39 Å². The summed E-state index contributed by atoms with van der Waals surface area (Å²) in [6.07, 6.45) is 12.8. The van der Waals surface area contributed by atoms with Gasteiger partial charge in [-0.05, 0) is 50.7 Å². The second kappa shape index (κ2) is 13.1. The van der Waals surface area contributed by atoms with Crippen LogP contribution in [0.4, 0.5) is 4.39 Å². The van der Waals surface area contributed by atoms with Crippen LogP contribution in [-0.2, 0) is 14.3 Å². The van der Waals surface area contributed by atoms with Gasteiger partial charge in [0.05, 0.1) is 18.2 Å². The summed E-state index contributed by atoms with van der Waals surface area (Å²) < 4.78 is 24.9. The van der Waals surface area contributed by atoms with Crippen LogP contribution < -0.4 is 20.7 Å². The van der Waals surface area contributed by atoms with Gasteiger partial charge in [0.1, 0.15) is 17.8 Å². The van der Waals surface area contributed by atoms with Crippen LogP contribution in [0.1, 0.15) is 77.0 Å². The summed E-state index contributed by atoms with van der Waals surface area (Å²) in [6, 6.07) is 4.08. The Bertz CT molecular complexity index is 884. The average Bonchev–Trinajstić information content (AvgIpc) is 3.32. The number of halogens is 2. The van der Waals surface area contributed by atoms with Crippen molar-refractivity contribution in [1.29, 1.82) is 0 Å². The van der Waals surface area contributed by atoms with Crippen molar-refractivity contribution in [3.63, 3.8) is 0 Å². The summed E-state index contributed by atoms with van der Waals surface area (Å²) in [5, 5.41) is 9.74. The maximum Gasteiger partial charge on any atom is 0.258 e. The molecule has 0 radical (unpaired) electrons. The van der Waals surface area contributed by atoms with Crippen LogP contribution in [-0.4, -0.2) is 49.4 Å². The third-order valence-corrected chi connectivity index (χ3v) is 8.08. The number of amides is 2. The molecule has 0 bridgehead atoms. The van der Waals surface area contributed by atoms with Crippen LogP contribution in [0.25, 0.3) is 0 Å². The van der Waals surface area contributed by atoms with Crippen LogP contribution in [0, 0.1) is 11.7 Å². The molecule has 3 fully saturated rings. The first-order chi connectivity index (χ1) is 17.4. The molecule has 3 N–H and O–H groups in total. The molecule has 36 heavy (non-hydrogen) atoms. The number of hydrogen-bond acceptors (Lipinski definition) is 5. The molecule has 0 aromatic heterocycles. The van der Waals surface area contributed by atoms with Gasteiger partial charge in [0, 0.05) is 23.6 Å². The summed E-state index contributed by atoms with van der Waals surface area (Å²) in [4.78, 5) is 25.0. The quantitative estimate of drug-likeness (QED) is 0.491. The zero-order chi connectivity index (χ0) is 25.4. The molecule has 1 saturated heterocycles. The van der Waals surface area contributed by atoms with E-state index in [0.717, 1.165) is 51.2 Å². The van der Waals surface area contributed by atoms with Crippen molar-refractivity contribution in [2.45, 2.75) is 94.9 Å². The minimum atomic E-state index is -0.587. The van der Waals surface area contributed by atoms with E-state index in [2.05, 4.69) is 16.0 Å². The van der Waals surface area contributed by atoms with Gasteiger partial charge in [-0.2, -0.15) is 0 Å². The second-order valence-electron chi connectivity index (χ2n) is 10.6. The fraction of sp³-hybridized carbons (Fsp3) is 0.704. The SMILES string of the molecule is O=C(COc1ccc(Cl)c(F)c1)NC1CCC(C(=O)NCC2NC3(CCCCCCCC3)CO2)CC1. The second-order valence-corrected chi connectivity index (χ2v) is 11.0. The number of benzene rings is 1. The number of nitrogens with one attached hydrogen (secondary N) is 3. The molecule has 1 aliphatic heterocycles. The van der Waals surface area contributed by atoms with Gasteiger partial charge in [0.25, 0.3) is 5.91 Å². The van der Waals surface area contributed by atoms with E-state index in [1.807, 2.05) is 0 Å². The van der Waals surface area contributed by atoms with Gasteiger partial charge in [-0.15, -0.1) is 0 Å². The molecule has 1 heterocycles. The normalized spacial score (nSPS) is 26.4. The molecule has 1 atom stereocenters. The van der Waals surface area contributed by atoms with Gasteiger partial charge in [0.15, 0.2) is 6.61 Å². The van der Waals surface area contributed by atoms with Crippen molar-refractivity contribution in [3.8, 4) is 5.75 Å². The van der Waals surface area contributed by atoms with Crippen molar-refractivity contribution in [3.05, 3.63) is 29.0 Å². The molecule has 4 rings (SSSR count). The highest BCUT2D eigenvalue weighted by Crippen LogP contribution is 2.30. The summed E-state index contributed by atoms with van der Waals surface area (Å²) in [6.45, 7) is 1.02. The topological polar surface area (TPSA) is 88.7 Å². The fourth-order valence-electron chi connectivity index (χ4n) is 5.66. The lowest BCUT2D eigenvalue weighted by Gasteiger charge is -2.29. The molecule has 1 unspecified atom stereocenters. The standard InChI is InChI=1S/C27H39ClFN3O4/c28-22-12-11-21(15-23(22)29)35-17-24(33)31-20-9-7-19(8-10-20)26(34)30-16-25-32-27(18-36-25)13-5-3-1-2-4-6-14-27/h11-12,15,19-20,25,32H,1-10,13-14,16-18H2,(H,30,34)(H,31,33). The lowest BCUT2D eigenvalue weighted by atomic mass is 9.85. The van der Waals surface area contributed by atoms with Crippen molar-refractivity contribution in [2.24, 2.45) is 5.92 Å². The number of hydrogen-bond donors (Lipinski definition) is 3. The van der Waals surface area contributed by atoms with Gasteiger partial charge in [-0.1, -0.05) is 50.1 Å². The molecule has 1 aromatic carbocycles. The Morgan fingerprint density at radius 3 is 2.47 bits per heavy atom. The molecular weight excluding hydrogens is 485 g/mol. The molecule has 9 heteroatoms. The Balaban J connectivity index is 1.12. The van der Waals surface area contributed by atoms with Crippen molar-refractivity contribution in [1.82, 2.24) is 16.0 Å². The van der Waals surface area contributed by atoms with E-state index < -0.39 is 5.82 Å². The smallest absolute Gasteiger partial charge is 0.258 e. The summed E-state index contributed by atoms with van der Waals surface area (Å²) in [5.41, 5.74) is 0.0709. The van der Waals surface area contributed by atoms with Crippen molar-refractivity contribution < 1.29 is 23.5 Å². The highest BCUT2D eigenvalue weighted by Gasteiger charge is 2.39. The Morgan fingerprint density at radius 2 is 1.78 bits per heavy atom. The highest BCUT2D eigenvalue weighted by atomic mass is 35.5. The molecule has 1 spiro atoms. The zero-order valence-electron chi connectivity index (χ0n) is 21.0. The molecule has 200 valence electrons. The fourth-order valence-corrected chi connectivity index (χ4v) is 5.78. The molecule has 7 nitrogen and oxygen atoms in total. The minimum absolute atomic E-state index is 0.00826. The van der Waals surface area contributed by atoms with E-state index in [1.165, 1.54) is 50.7 Å². The molecule has 2 amide bonds. The number of rotatable bonds is 7. The summed E-state index contributed by atoms with van der Waals surface area (Å²) in [7, 11) is 0. The van der Waals surface area contributed by atoms with Gasteiger partial charge in [-0.3, -0.25) is 14.9 Å². The predicted molar refractivity (Wildman–Crippen MR) is 136 cm³/mol. The Morgan fingerprint density at radius 1 is 1.08 bits per heavy atom. The van der Waals surface area contributed by atoms with Gasteiger partial charge < -0.3 is 20.1 Å². The lowest BCUT2D eigenvalue weighted by Crippen LogP contribution is -2.49. The zero-order valence-corrected chi connectivity index (χ0v) is 21.7. The van der Waals surface area contributed by atoms with Crippen molar-refractivity contribution >= 4 is 23.4 Å². The van der Waals surface area contributed by atoms with Crippen LogP contribution >= 0.6 is 11.6 Å². The Kier molecular flexibility index (Phi) is 9.85. The van der Waals surface area contributed by atoms with E-state index in [9.17, 15) is 14.0 Å². The number of carbonyl (C=O) groups is 2. The van der Waals surface area contributed by atoms with Gasteiger partial charge >= 0.3 is 0 Å². The van der Waals surface area contributed by atoms with E-state index in [0.29, 0.717) is 6.54 Å². The van der Waals surface area contributed by atoms with E-state index in [4.69, 9.17) is 21.1 Å². The van der Waals surface area contributed by atoms with E-state index >= 15 is 0 Å². The largest absolute Gasteiger partial charge is 0.484 e. The van der Waals surface area contributed by atoms with Crippen molar-refractivity contribution in [2.75, 3.05) is 19.8 Å². The first-order valence-corrected chi connectivity index (χ1v) is 13.8. The maximum atomic E-state index is 13.5. The molecule has 2 aliphatic carbocycles. The third kappa shape index (κ3) is 7.80. The number of carbonyl (C=O) groups excluding carboxylic acids is 2. The molecule has 2 saturated carbocycles. The average molecular weight is 524 g/mol. The van der Waals surface area contributed by atoms with Crippen LogP contribution in [0.15, 0.2) is 18.2 Å². The maximum absolute atomic E-state index is 13.5. The highest BCUT2D eigenvalue weighted by molar-refractivity contribution is 6.30. The number of ether oxygens (including phenoxy) is 2. The Labute approximate surface area is 218 Å². The minimum Gasteiger partial charge on any atom is -0.484 e. The Hall–Kier alpha value is -1.90. The van der Waals surface area contributed by atoms with Crippen LogP contribution in [0.3, 0.4) is 0 Å². The summed E-state index contributed by atoms with van der Waals surface area (Å²) >= 11 is 5.66. The molecule has 1 aromatic rings. The van der Waals surface area contributed by atoms with E-state index in [-0.39, 0.29) is 52.9 Å². The van der Waals surface area contributed by atoms with Crippen LogP contribution in [0.5, 0.6) is 5.75 Å². The first-order valence-electron chi connectivity index (χ1n) is 13.5. The molecule has 3 aliphatic rings. The molecular formula is C27H39ClFN3O4. The van der Waals surface area contributed by atoms with E-state index in [1.54, 1.807) is 0 Å². The summed E-state index contributed by atoms with van der Waals surface area (Å²) in [5.74, 6) is -0.581.